The molecular weight excluding hydrogens is 455 g/mol. The highest BCUT2D eigenvalue weighted by atomic mass is 32.2. The largest absolute Gasteiger partial charge is 0.476 e. The van der Waals surface area contributed by atoms with Gasteiger partial charge >= 0.3 is 5.97 Å². The van der Waals surface area contributed by atoms with Crippen LogP contribution >= 0.6 is 11.8 Å². The summed E-state index contributed by atoms with van der Waals surface area (Å²) in [6.07, 6.45) is 4.80. The number of hydrogen-bond donors (Lipinski definition) is 1. The Morgan fingerprint density at radius 3 is 2.72 bits per heavy atom. The lowest BCUT2D eigenvalue weighted by molar-refractivity contribution is -0.134. The van der Waals surface area contributed by atoms with Crippen LogP contribution in [0.4, 0.5) is 15.9 Å². The minimum atomic E-state index is -3.73. The van der Waals surface area contributed by atoms with Gasteiger partial charge in [-0.15, -0.1) is 11.8 Å². The van der Waals surface area contributed by atoms with Crippen LogP contribution in [0.2, 0.25) is 0 Å². The molecule has 1 aliphatic heterocycles. The smallest absolute Gasteiger partial charge is 0.368 e. The van der Waals surface area contributed by atoms with E-state index in [1.807, 2.05) is 35.2 Å². The molecule has 32 heavy (non-hydrogen) atoms. The van der Waals surface area contributed by atoms with Gasteiger partial charge in [-0.1, -0.05) is 38.0 Å². The van der Waals surface area contributed by atoms with Crippen molar-refractivity contribution in [2.75, 3.05) is 23.5 Å². The number of halogens is 1. The highest BCUT2D eigenvalue weighted by molar-refractivity contribution is 7.98. The van der Waals surface area contributed by atoms with Gasteiger partial charge in [0.1, 0.15) is 16.2 Å². The van der Waals surface area contributed by atoms with Crippen LogP contribution in [-0.2, 0) is 14.6 Å². The second-order valence-electron chi connectivity index (χ2n) is 7.44. The van der Waals surface area contributed by atoms with Crippen molar-refractivity contribution in [3.05, 3.63) is 48.5 Å². The standard InChI is InChI=1S/C22H25FN2O5S2/c1-3-4-8-15-12-25(16-9-6-5-7-10-16)20-19(32(28,29)14-15)11-18(21(24-20)31-2)30-13-17(23)22(26)27/h5-7,9-11,13,15H,3-4,8,12,14H2,1-2H3,(H,26,27)/b17-13-. The molecule has 1 N–H and O–H groups in total. The lowest BCUT2D eigenvalue weighted by Crippen LogP contribution is -2.26. The number of aliphatic carboxylic acids is 1. The van der Waals surface area contributed by atoms with Gasteiger partial charge in [0.25, 0.3) is 0 Å². The highest BCUT2D eigenvalue weighted by Crippen LogP contribution is 2.41. The summed E-state index contributed by atoms with van der Waals surface area (Å²) >= 11 is 1.19. The molecule has 1 aliphatic rings. The molecule has 0 saturated carbocycles. The van der Waals surface area contributed by atoms with Crippen LogP contribution in [0.15, 0.2) is 58.4 Å². The summed E-state index contributed by atoms with van der Waals surface area (Å²) in [5, 5.41) is 9.03. The summed E-state index contributed by atoms with van der Waals surface area (Å²) in [6.45, 7) is 2.55. The minimum absolute atomic E-state index is 0.0164. The number of carboxylic acids is 1. The van der Waals surface area contributed by atoms with E-state index in [0.29, 0.717) is 17.8 Å². The van der Waals surface area contributed by atoms with E-state index in [1.54, 1.807) is 6.26 Å². The molecule has 0 radical (unpaired) electrons. The third-order valence-corrected chi connectivity index (χ3v) is 7.67. The van der Waals surface area contributed by atoms with Crippen molar-refractivity contribution in [3.8, 4) is 5.75 Å². The predicted molar refractivity (Wildman–Crippen MR) is 122 cm³/mol. The van der Waals surface area contributed by atoms with E-state index in [0.717, 1.165) is 24.9 Å². The maximum Gasteiger partial charge on any atom is 0.368 e. The summed E-state index contributed by atoms with van der Waals surface area (Å²) < 4.78 is 45.3. The van der Waals surface area contributed by atoms with Crippen LogP contribution in [-0.4, -0.2) is 43.0 Å². The number of para-hydroxylation sites is 1. The number of carboxylic acid groups (broad SMARTS) is 1. The first kappa shape index (κ1) is 24.1. The molecule has 2 aromatic rings. The minimum Gasteiger partial charge on any atom is -0.476 e. The summed E-state index contributed by atoms with van der Waals surface area (Å²) in [6, 6.07) is 10.7. The molecule has 7 nitrogen and oxygen atoms in total. The van der Waals surface area contributed by atoms with E-state index in [2.05, 4.69) is 11.9 Å². The number of sulfone groups is 1. The molecule has 2 heterocycles. The average molecular weight is 481 g/mol. The molecule has 10 heteroatoms. The quantitative estimate of drug-likeness (QED) is 0.327. The normalized spacial score (nSPS) is 18.0. The lowest BCUT2D eigenvalue weighted by Gasteiger charge is -2.27. The van der Waals surface area contributed by atoms with Crippen LogP contribution in [0.25, 0.3) is 0 Å². The number of pyridine rings is 1. The van der Waals surface area contributed by atoms with Crippen LogP contribution in [0.5, 0.6) is 5.75 Å². The van der Waals surface area contributed by atoms with Gasteiger partial charge in [0.05, 0.1) is 5.75 Å². The molecule has 1 aromatic carbocycles. The zero-order valence-electron chi connectivity index (χ0n) is 17.8. The monoisotopic (exact) mass is 480 g/mol. The summed E-state index contributed by atoms with van der Waals surface area (Å²) in [5.41, 5.74) is 0.817. The maximum absolute atomic E-state index is 13.4. The SMILES string of the molecule is CCCCC1CN(c2ccccc2)c2nc(SC)c(O/C=C(\F)C(=O)O)cc2S(=O)(=O)C1. The molecular formula is C22H25FN2O5S2. The topological polar surface area (TPSA) is 96.8 Å². The van der Waals surface area contributed by atoms with E-state index >= 15 is 0 Å². The third-order valence-electron chi connectivity index (χ3n) is 5.11. The van der Waals surface area contributed by atoms with Crippen LogP contribution in [0.1, 0.15) is 26.2 Å². The molecule has 1 atom stereocenters. The Bertz CT molecular complexity index is 1110. The molecule has 1 aromatic heterocycles. The number of anilines is 2. The van der Waals surface area contributed by atoms with Crippen molar-refractivity contribution >= 4 is 39.1 Å². The van der Waals surface area contributed by atoms with Crippen molar-refractivity contribution in [2.24, 2.45) is 5.92 Å². The molecule has 1 unspecified atom stereocenters. The predicted octanol–water partition coefficient (Wildman–Crippen LogP) is 4.81. The van der Waals surface area contributed by atoms with Crippen molar-refractivity contribution in [1.82, 2.24) is 4.98 Å². The molecule has 0 fully saturated rings. The number of rotatable bonds is 8. The fourth-order valence-electron chi connectivity index (χ4n) is 3.57. The number of benzene rings is 1. The van der Waals surface area contributed by atoms with Gasteiger partial charge in [-0.3, -0.25) is 0 Å². The fraction of sp³-hybridized carbons (Fsp3) is 0.364. The number of carbonyl (C=O) groups is 1. The maximum atomic E-state index is 13.4. The van der Waals surface area contributed by atoms with Gasteiger partial charge in [0.2, 0.25) is 5.83 Å². The molecule has 0 spiro atoms. The van der Waals surface area contributed by atoms with E-state index in [-0.39, 0.29) is 28.1 Å². The second kappa shape index (κ2) is 10.4. The second-order valence-corrected chi connectivity index (χ2v) is 10.2. The zero-order valence-corrected chi connectivity index (χ0v) is 19.5. The number of hydrogen-bond acceptors (Lipinski definition) is 7. The van der Waals surface area contributed by atoms with Gasteiger partial charge in [-0.2, -0.15) is 4.39 Å². The van der Waals surface area contributed by atoms with Gasteiger partial charge < -0.3 is 14.7 Å². The molecule has 3 rings (SSSR count). The zero-order chi connectivity index (χ0) is 23.3. The highest BCUT2D eigenvalue weighted by Gasteiger charge is 2.34. The van der Waals surface area contributed by atoms with Crippen LogP contribution in [0, 0.1) is 5.92 Å². The summed E-state index contributed by atoms with van der Waals surface area (Å²) in [7, 11) is -3.73. The fourth-order valence-corrected chi connectivity index (χ4v) is 5.85. The van der Waals surface area contributed by atoms with E-state index in [9.17, 15) is 17.6 Å². The molecule has 172 valence electrons. The Kier molecular flexibility index (Phi) is 7.78. The Hall–Kier alpha value is -2.59. The van der Waals surface area contributed by atoms with E-state index < -0.39 is 21.6 Å². The number of fused-ring (bicyclic) bond motifs is 1. The first-order valence-electron chi connectivity index (χ1n) is 10.2. The van der Waals surface area contributed by atoms with Crippen LogP contribution < -0.4 is 9.64 Å². The first-order chi connectivity index (χ1) is 15.3. The van der Waals surface area contributed by atoms with Gasteiger partial charge in [-0.05, 0) is 30.7 Å². The van der Waals surface area contributed by atoms with Gasteiger partial charge in [-0.25, -0.2) is 18.2 Å². The molecule has 0 amide bonds. The molecule has 0 bridgehead atoms. The lowest BCUT2D eigenvalue weighted by atomic mass is 10.0. The molecule has 0 aliphatic carbocycles. The summed E-state index contributed by atoms with van der Waals surface area (Å²) in [4.78, 5) is 17.2. The van der Waals surface area contributed by atoms with E-state index in [4.69, 9.17) is 9.84 Å². The first-order valence-corrected chi connectivity index (χ1v) is 13.0. The Morgan fingerprint density at radius 1 is 1.38 bits per heavy atom. The average Bonchev–Trinajstić information content (AvgIpc) is 2.89. The molecule has 0 saturated heterocycles. The van der Waals surface area contributed by atoms with E-state index in [1.165, 1.54) is 17.8 Å². The number of aromatic nitrogens is 1. The van der Waals surface area contributed by atoms with Crippen LogP contribution in [0.3, 0.4) is 0 Å². The summed E-state index contributed by atoms with van der Waals surface area (Å²) in [5.74, 6) is -3.14. The van der Waals surface area contributed by atoms with Crippen molar-refractivity contribution in [1.29, 1.82) is 0 Å². The number of unbranched alkanes of at least 4 members (excludes halogenated alkanes) is 1. The van der Waals surface area contributed by atoms with Gasteiger partial charge in [0.15, 0.2) is 21.4 Å². The Morgan fingerprint density at radius 2 is 2.09 bits per heavy atom. The third kappa shape index (κ3) is 5.42. The Labute approximate surface area is 191 Å². The number of nitrogens with zero attached hydrogens (tertiary/aromatic N) is 2. The van der Waals surface area contributed by atoms with Gasteiger partial charge in [0, 0.05) is 18.3 Å². The number of ether oxygens (including phenoxy) is 1. The Balaban J connectivity index is 2.16. The van der Waals surface area contributed by atoms with Crippen molar-refractivity contribution in [2.45, 2.75) is 36.1 Å². The van der Waals surface area contributed by atoms with Crippen molar-refractivity contribution in [3.63, 3.8) is 0 Å². The van der Waals surface area contributed by atoms with Crippen molar-refractivity contribution < 1.29 is 27.4 Å². The number of thioether (sulfide) groups is 1.